The molecule has 7 heteroatoms. The lowest BCUT2D eigenvalue weighted by Gasteiger charge is -2.10. The lowest BCUT2D eigenvalue weighted by atomic mass is 10.3. The largest absolute Gasteiger partial charge is 0.573 e. The average molecular weight is 430 g/mol. The van der Waals surface area contributed by atoms with Gasteiger partial charge in [-0.1, -0.05) is 0 Å². The zero-order valence-electron chi connectivity index (χ0n) is 6.40. The molecule has 1 aromatic carbocycles. The number of benzene rings is 1. The Balaban J connectivity index is 3.02. The Bertz CT molecular complexity index is 328. The summed E-state index contributed by atoms with van der Waals surface area (Å²) in [7, 11) is 0. The van der Waals surface area contributed by atoms with Crippen molar-refractivity contribution in [3.05, 3.63) is 19.3 Å². The average Bonchev–Trinajstić information content (AvgIpc) is 1.96. The van der Waals surface area contributed by atoms with Gasteiger partial charge in [-0.3, -0.25) is 0 Å². The first-order chi connectivity index (χ1) is 6.29. The second kappa shape index (κ2) is 4.29. The van der Waals surface area contributed by atoms with Crippen LogP contribution >= 0.6 is 45.2 Å². The van der Waals surface area contributed by atoms with Crippen LogP contribution in [0.25, 0.3) is 0 Å². The monoisotopic (exact) mass is 430 g/mol. The fraction of sp³-hybridized carbons (Fsp3) is 0.143. The van der Waals surface area contributed by atoms with Crippen molar-refractivity contribution < 1.29 is 23.0 Å². The zero-order chi connectivity index (χ0) is 10.9. The molecule has 0 spiro atoms. The van der Waals surface area contributed by atoms with Crippen LogP contribution in [0.1, 0.15) is 0 Å². The van der Waals surface area contributed by atoms with Gasteiger partial charge in [-0.05, 0) is 57.3 Å². The molecule has 0 bridgehead atoms. The van der Waals surface area contributed by atoms with Gasteiger partial charge in [0.15, 0.2) is 0 Å². The third kappa shape index (κ3) is 3.33. The van der Waals surface area contributed by atoms with Crippen LogP contribution in [-0.4, -0.2) is 11.5 Å². The molecule has 0 atom stereocenters. The Morgan fingerprint density at radius 2 is 1.57 bits per heavy atom. The van der Waals surface area contributed by atoms with E-state index in [9.17, 15) is 18.3 Å². The molecule has 14 heavy (non-hydrogen) atoms. The zero-order valence-corrected chi connectivity index (χ0v) is 10.7. The molecule has 0 fully saturated rings. The molecule has 1 aromatic rings. The number of hydrogen-bond acceptors (Lipinski definition) is 2. The van der Waals surface area contributed by atoms with Gasteiger partial charge < -0.3 is 9.84 Å². The predicted molar refractivity (Wildman–Crippen MR) is 60.2 cm³/mol. The maximum absolute atomic E-state index is 11.8. The molecule has 0 aliphatic heterocycles. The van der Waals surface area contributed by atoms with Crippen LogP contribution in [0.2, 0.25) is 0 Å². The second-order valence-electron chi connectivity index (χ2n) is 2.28. The number of rotatable bonds is 1. The van der Waals surface area contributed by atoms with Crippen molar-refractivity contribution in [3.63, 3.8) is 0 Å². The van der Waals surface area contributed by atoms with Gasteiger partial charge in [0.1, 0.15) is 11.5 Å². The number of ether oxygens (including phenoxy) is 1. The highest BCUT2D eigenvalue weighted by Crippen LogP contribution is 2.32. The van der Waals surface area contributed by atoms with Crippen molar-refractivity contribution in [2.24, 2.45) is 0 Å². The molecule has 1 N–H and O–H groups in total. The quantitative estimate of drug-likeness (QED) is 0.692. The third-order valence-electron chi connectivity index (χ3n) is 1.22. The second-order valence-corrected chi connectivity index (χ2v) is 4.61. The summed E-state index contributed by atoms with van der Waals surface area (Å²) in [6, 6.07) is 2.23. The van der Waals surface area contributed by atoms with Gasteiger partial charge >= 0.3 is 6.36 Å². The van der Waals surface area contributed by atoms with Crippen molar-refractivity contribution in [1.82, 2.24) is 0 Å². The minimum absolute atomic E-state index is 0.0410. The topological polar surface area (TPSA) is 29.5 Å². The van der Waals surface area contributed by atoms with Crippen LogP contribution < -0.4 is 4.74 Å². The maximum Gasteiger partial charge on any atom is 0.573 e. The maximum atomic E-state index is 11.8. The van der Waals surface area contributed by atoms with Crippen LogP contribution in [0, 0.1) is 7.14 Å². The predicted octanol–water partition coefficient (Wildman–Crippen LogP) is 3.50. The lowest BCUT2D eigenvalue weighted by molar-refractivity contribution is -0.274. The third-order valence-corrected chi connectivity index (χ3v) is 2.87. The molecular formula is C7H3F3I2O2. The molecule has 0 saturated heterocycles. The summed E-state index contributed by atoms with van der Waals surface area (Å²) >= 11 is 3.45. The minimum Gasteiger partial charge on any atom is -0.506 e. The number of halogens is 5. The summed E-state index contributed by atoms with van der Waals surface area (Å²) in [5.41, 5.74) is 0. The molecular weight excluding hydrogens is 427 g/mol. The standard InChI is InChI=1S/C7H3F3I2O2/c8-7(9,10)14-3-1-4(11)6(13)5(12)2-3/h1-2,13H. The summed E-state index contributed by atoms with van der Waals surface area (Å²) in [5, 5.41) is 9.28. The molecule has 0 saturated carbocycles. The summed E-state index contributed by atoms with van der Waals surface area (Å²) in [6.45, 7) is 0. The van der Waals surface area contributed by atoms with E-state index in [1.807, 2.05) is 0 Å². The first-order valence-electron chi connectivity index (χ1n) is 3.23. The molecule has 0 aliphatic carbocycles. The van der Waals surface area contributed by atoms with Gasteiger partial charge in [0.2, 0.25) is 0 Å². The van der Waals surface area contributed by atoms with Gasteiger partial charge in [-0.2, -0.15) is 0 Å². The minimum atomic E-state index is -4.71. The highest BCUT2D eigenvalue weighted by Gasteiger charge is 2.31. The van der Waals surface area contributed by atoms with Crippen LogP contribution in [0.15, 0.2) is 12.1 Å². The van der Waals surface area contributed by atoms with Crippen LogP contribution in [0.5, 0.6) is 11.5 Å². The summed E-state index contributed by atoms with van der Waals surface area (Å²) in [5.74, 6) is -0.371. The smallest absolute Gasteiger partial charge is 0.506 e. The van der Waals surface area contributed by atoms with E-state index in [2.05, 4.69) is 4.74 Å². The highest BCUT2D eigenvalue weighted by atomic mass is 127. The van der Waals surface area contributed by atoms with E-state index in [0.29, 0.717) is 7.14 Å². The van der Waals surface area contributed by atoms with E-state index in [4.69, 9.17) is 0 Å². The normalized spacial score (nSPS) is 11.5. The summed E-state index contributed by atoms with van der Waals surface area (Å²) < 4.78 is 39.8. The van der Waals surface area contributed by atoms with Crippen molar-refractivity contribution in [3.8, 4) is 11.5 Å². The van der Waals surface area contributed by atoms with E-state index in [1.54, 1.807) is 45.2 Å². The van der Waals surface area contributed by atoms with E-state index in [0.717, 1.165) is 12.1 Å². The highest BCUT2D eigenvalue weighted by molar-refractivity contribution is 14.1. The Kier molecular flexibility index (Phi) is 3.72. The van der Waals surface area contributed by atoms with Crippen molar-refractivity contribution >= 4 is 45.2 Å². The fourth-order valence-corrected chi connectivity index (χ4v) is 2.45. The van der Waals surface area contributed by atoms with Crippen molar-refractivity contribution in [2.45, 2.75) is 6.36 Å². The molecule has 0 heterocycles. The van der Waals surface area contributed by atoms with E-state index in [1.165, 1.54) is 0 Å². The molecule has 0 unspecified atom stereocenters. The lowest BCUT2D eigenvalue weighted by Crippen LogP contribution is -2.17. The molecule has 0 amide bonds. The SMILES string of the molecule is Oc1c(I)cc(OC(F)(F)F)cc1I. The van der Waals surface area contributed by atoms with E-state index >= 15 is 0 Å². The van der Waals surface area contributed by atoms with Crippen molar-refractivity contribution in [1.29, 1.82) is 0 Å². The van der Waals surface area contributed by atoms with Gasteiger partial charge in [0.05, 0.1) is 7.14 Å². The molecule has 2 nitrogen and oxygen atoms in total. The van der Waals surface area contributed by atoms with Crippen LogP contribution in [-0.2, 0) is 0 Å². The number of aromatic hydroxyl groups is 1. The van der Waals surface area contributed by atoms with Crippen LogP contribution in [0.3, 0.4) is 0 Å². The number of hydrogen-bond donors (Lipinski definition) is 1. The Morgan fingerprint density at radius 3 is 1.93 bits per heavy atom. The molecule has 78 valence electrons. The summed E-state index contributed by atoms with van der Waals surface area (Å²) in [6.07, 6.45) is -4.71. The van der Waals surface area contributed by atoms with Gasteiger partial charge in [0.25, 0.3) is 0 Å². The first kappa shape index (κ1) is 12.1. The van der Waals surface area contributed by atoms with Crippen molar-refractivity contribution in [2.75, 3.05) is 0 Å². The number of alkyl halides is 3. The number of phenols is 1. The Morgan fingerprint density at radius 1 is 1.14 bits per heavy atom. The number of phenolic OH excluding ortho intramolecular Hbond substituents is 1. The van der Waals surface area contributed by atoms with E-state index < -0.39 is 6.36 Å². The van der Waals surface area contributed by atoms with Gasteiger partial charge in [0, 0.05) is 0 Å². The molecule has 1 rings (SSSR count). The molecule has 0 aliphatic rings. The van der Waals surface area contributed by atoms with Gasteiger partial charge in [-0.25, -0.2) is 0 Å². The summed E-state index contributed by atoms with van der Waals surface area (Å²) in [4.78, 5) is 0. The Labute approximate surface area is 105 Å². The Hall–Kier alpha value is 0.0700. The van der Waals surface area contributed by atoms with E-state index in [-0.39, 0.29) is 11.5 Å². The first-order valence-corrected chi connectivity index (χ1v) is 5.39. The molecule has 0 aromatic heterocycles. The molecule has 0 radical (unpaired) electrons. The fourth-order valence-electron chi connectivity index (χ4n) is 0.735. The van der Waals surface area contributed by atoms with Crippen LogP contribution in [0.4, 0.5) is 13.2 Å². The van der Waals surface area contributed by atoms with Gasteiger partial charge in [-0.15, -0.1) is 13.2 Å².